The van der Waals surface area contributed by atoms with Gasteiger partial charge in [0, 0.05) is 37.1 Å². The van der Waals surface area contributed by atoms with E-state index in [0.717, 1.165) is 10.9 Å². The Morgan fingerprint density at radius 3 is 2.61 bits per heavy atom. The number of nitrogens with one attached hydrogen (secondary N) is 1. The number of pyridine rings is 1. The summed E-state index contributed by atoms with van der Waals surface area (Å²) in [6.07, 6.45) is 3.47. The molecule has 2 N–H and O–H groups in total. The third-order valence-electron chi connectivity index (χ3n) is 6.25. The molecule has 0 spiro atoms. The summed E-state index contributed by atoms with van der Waals surface area (Å²) in [5.74, 6) is -0.786. The van der Waals surface area contributed by atoms with Crippen LogP contribution in [-0.2, 0) is 26.2 Å². The van der Waals surface area contributed by atoms with E-state index in [1.54, 1.807) is 55.7 Å². The van der Waals surface area contributed by atoms with Gasteiger partial charge in [-0.05, 0) is 66.1 Å². The van der Waals surface area contributed by atoms with Crippen LogP contribution in [0.1, 0.15) is 18.9 Å². The zero-order valence-corrected chi connectivity index (χ0v) is 21.2. The number of sulfonamides is 1. The number of likely N-dealkylation sites (tertiary alicyclic amines) is 1. The first-order chi connectivity index (χ1) is 17.2. The first-order valence-corrected chi connectivity index (χ1v) is 13.4. The molecule has 36 heavy (non-hydrogen) atoms. The number of fused-ring (bicyclic) bond motifs is 1. The maximum Gasteiger partial charge on any atom is 0.245 e. The number of hydrogen-bond acceptors (Lipinski definition) is 6. The summed E-state index contributed by atoms with van der Waals surface area (Å²) >= 11 is 6.00. The van der Waals surface area contributed by atoms with Crippen molar-refractivity contribution in [1.29, 1.82) is 0 Å². The molecule has 4 rings (SSSR count). The van der Waals surface area contributed by atoms with Crippen LogP contribution in [0.4, 0.5) is 0 Å². The van der Waals surface area contributed by atoms with E-state index >= 15 is 0 Å². The number of carbonyl (C=O) groups is 2. The molecule has 11 heteroatoms. The van der Waals surface area contributed by atoms with Crippen molar-refractivity contribution < 1.29 is 23.1 Å². The molecule has 0 aliphatic carbocycles. The Bertz CT molecular complexity index is 1370. The minimum Gasteiger partial charge on any atom is -0.395 e. The predicted octanol–water partition coefficient (Wildman–Crippen LogP) is 2.18. The lowest BCUT2D eigenvalue weighted by Crippen LogP contribution is -2.50. The first kappa shape index (κ1) is 26.0. The van der Waals surface area contributed by atoms with Crippen molar-refractivity contribution in [2.75, 3.05) is 19.7 Å². The van der Waals surface area contributed by atoms with Crippen LogP contribution in [0.25, 0.3) is 10.8 Å². The molecule has 1 aliphatic heterocycles. The predicted molar refractivity (Wildman–Crippen MR) is 136 cm³/mol. The molecular formula is C25H27ClN4O5S. The monoisotopic (exact) mass is 530 g/mol. The number of aliphatic hydroxyl groups is 1. The van der Waals surface area contributed by atoms with Crippen molar-refractivity contribution in [3.63, 3.8) is 0 Å². The summed E-state index contributed by atoms with van der Waals surface area (Å²) < 4.78 is 28.6. The number of rotatable bonds is 9. The molecule has 0 bridgehead atoms. The van der Waals surface area contributed by atoms with Gasteiger partial charge in [0.25, 0.3) is 0 Å². The number of nitrogens with zero attached hydrogens (tertiary/aromatic N) is 3. The molecule has 0 unspecified atom stereocenters. The second kappa shape index (κ2) is 10.9. The average Bonchev–Trinajstić information content (AvgIpc) is 3.22. The Kier molecular flexibility index (Phi) is 7.89. The number of amides is 2. The topological polar surface area (TPSA) is 120 Å². The fourth-order valence-corrected chi connectivity index (χ4v) is 5.75. The number of benzene rings is 2. The Morgan fingerprint density at radius 1 is 1.19 bits per heavy atom. The SMILES string of the molecule is C[C@@H](C(=O)N(CCO)Cc1ccncc1)N1CC[C@H](NS(=O)(=O)c2ccc3cc(Cl)ccc3c2)C1=O. The summed E-state index contributed by atoms with van der Waals surface area (Å²) in [6, 6.07) is 11.6. The zero-order valence-electron chi connectivity index (χ0n) is 19.7. The van der Waals surface area contributed by atoms with Crippen molar-refractivity contribution in [2.45, 2.75) is 36.9 Å². The molecular weight excluding hydrogens is 504 g/mol. The third kappa shape index (κ3) is 5.67. The van der Waals surface area contributed by atoms with Crippen molar-refractivity contribution >= 4 is 44.2 Å². The van der Waals surface area contributed by atoms with Gasteiger partial charge in [-0.15, -0.1) is 0 Å². The molecule has 2 amide bonds. The minimum absolute atomic E-state index is 0.0409. The van der Waals surface area contributed by atoms with E-state index in [0.29, 0.717) is 10.4 Å². The first-order valence-electron chi connectivity index (χ1n) is 11.5. The zero-order chi connectivity index (χ0) is 25.9. The molecule has 3 aromatic rings. The number of hydrogen-bond donors (Lipinski definition) is 2. The van der Waals surface area contributed by atoms with Gasteiger partial charge >= 0.3 is 0 Å². The van der Waals surface area contributed by atoms with E-state index in [9.17, 15) is 23.1 Å². The molecule has 2 aromatic carbocycles. The van der Waals surface area contributed by atoms with Gasteiger partial charge in [-0.1, -0.05) is 23.7 Å². The van der Waals surface area contributed by atoms with Gasteiger partial charge in [-0.25, -0.2) is 8.42 Å². The van der Waals surface area contributed by atoms with Gasteiger partial charge in [0.1, 0.15) is 12.1 Å². The molecule has 190 valence electrons. The van der Waals surface area contributed by atoms with Crippen molar-refractivity contribution in [3.8, 4) is 0 Å². The average molecular weight is 531 g/mol. The molecule has 1 saturated heterocycles. The smallest absolute Gasteiger partial charge is 0.245 e. The van der Waals surface area contributed by atoms with Crippen LogP contribution in [0.5, 0.6) is 0 Å². The van der Waals surface area contributed by atoms with Crippen molar-refractivity contribution in [1.82, 2.24) is 19.5 Å². The van der Waals surface area contributed by atoms with Gasteiger partial charge in [0.15, 0.2) is 0 Å². The van der Waals surface area contributed by atoms with Crippen LogP contribution in [0.15, 0.2) is 65.8 Å². The van der Waals surface area contributed by atoms with Crippen LogP contribution in [-0.4, -0.2) is 71.9 Å². The van der Waals surface area contributed by atoms with Crippen LogP contribution >= 0.6 is 11.6 Å². The van der Waals surface area contributed by atoms with Gasteiger partial charge in [-0.3, -0.25) is 14.6 Å². The van der Waals surface area contributed by atoms with E-state index in [1.165, 1.54) is 21.9 Å². The highest BCUT2D eigenvalue weighted by Gasteiger charge is 2.40. The lowest BCUT2D eigenvalue weighted by Gasteiger charge is -2.30. The fraction of sp³-hybridized carbons (Fsp3) is 0.320. The Labute approximate surface area is 214 Å². The van der Waals surface area contributed by atoms with E-state index < -0.39 is 28.0 Å². The second-order valence-electron chi connectivity index (χ2n) is 8.66. The van der Waals surface area contributed by atoms with Crippen LogP contribution in [0, 0.1) is 0 Å². The minimum atomic E-state index is -3.98. The second-order valence-corrected chi connectivity index (χ2v) is 10.8. The molecule has 1 aliphatic rings. The molecule has 0 saturated carbocycles. The normalized spacial score (nSPS) is 16.9. The van der Waals surface area contributed by atoms with Crippen LogP contribution in [0.3, 0.4) is 0 Å². The highest BCUT2D eigenvalue weighted by molar-refractivity contribution is 7.89. The molecule has 1 aromatic heterocycles. The van der Waals surface area contributed by atoms with Crippen molar-refractivity contribution in [3.05, 3.63) is 71.5 Å². The van der Waals surface area contributed by atoms with Crippen molar-refractivity contribution in [2.24, 2.45) is 0 Å². The van der Waals surface area contributed by atoms with E-state index in [2.05, 4.69) is 9.71 Å². The van der Waals surface area contributed by atoms with Gasteiger partial charge in [0.2, 0.25) is 21.8 Å². The van der Waals surface area contributed by atoms with E-state index in [1.807, 2.05) is 0 Å². The molecule has 1 fully saturated rings. The summed E-state index contributed by atoms with van der Waals surface area (Å²) in [4.78, 5) is 33.2. The van der Waals surface area contributed by atoms with E-state index in [-0.39, 0.29) is 43.5 Å². The number of aromatic nitrogens is 1. The Hall–Kier alpha value is -3.05. The maximum atomic E-state index is 13.2. The standard InChI is InChI=1S/C25H27ClN4O5S/c1-17(24(32)29(12-13-31)16-18-6-9-27-10-7-18)30-11-8-23(25(30)33)28-36(34,35)22-5-3-19-14-21(26)4-2-20(19)15-22/h2-7,9-10,14-15,17,23,28,31H,8,11-13,16H2,1H3/t17-,23-/m0/s1. The van der Waals surface area contributed by atoms with Gasteiger partial charge in [-0.2, -0.15) is 4.72 Å². The lowest BCUT2D eigenvalue weighted by molar-refractivity contribution is -0.144. The van der Waals surface area contributed by atoms with Crippen LogP contribution in [0.2, 0.25) is 5.02 Å². The highest BCUT2D eigenvalue weighted by Crippen LogP contribution is 2.24. The summed E-state index contributed by atoms with van der Waals surface area (Å²) in [7, 11) is -3.98. The highest BCUT2D eigenvalue weighted by atomic mass is 35.5. The molecule has 2 atom stereocenters. The third-order valence-corrected chi connectivity index (χ3v) is 7.96. The Balaban J connectivity index is 1.45. The molecule has 0 radical (unpaired) electrons. The van der Waals surface area contributed by atoms with E-state index in [4.69, 9.17) is 11.6 Å². The number of carbonyl (C=O) groups excluding carboxylic acids is 2. The maximum absolute atomic E-state index is 13.2. The number of aliphatic hydroxyl groups excluding tert-OH is 1. The summed E-state index contributed by atoms with van der Waals surface area (Å²) in [6.45, 7) is 1.99. The quantitative estimate of drug-likeness (QED) is 0.437. The van der Waals surface area contributed by atoms with Crippen LogP contribution < -0.4 is 4.72 Å². The molecule has 2 heterocycles. The largest absolute Gasteiger partial charge is 0.395 e. The van der Waals surface area contributed by atoms with Gasteiger partial charge in [0.05, 0.1) is 11.5 Å². The summed E-state index contributed by atoms with van der Waals surface area (Å²) in [5, 5.41) is 11.5. The lowest BCUT2D eigenvalue weighted by atomic mass is 10.1. The Morgan fingerprint density at radius 2 is 1.89 bits per heavy atom. The number of halogens is 1. The summed E-state index contributed by atoms with van der Waals surface area (Å²) in [5.41, 5.74) is 0.843. The fourth-order valence-electron chi connectivity index (χ4n) is 4.31. The molecule has 9 nitrogen and oxygen atoms in total. The van der Waals surface area contributed by atoms with Gasteiger partial charge < -0.3 is 14.9 Å².